The van der Waals surface area contributed by atoms with Crippen LogP contribution in [-0.2, 0) is 0 Å². The lowest BCUT2D eigenvalue weighted by molar-refractivity contribution is 1.18. The second-order valence-corrected chi connectivity index (χ2v) is 18.1. The van der Waals surface area contributed by atoms with Crippen molar-refractivity contribution < 1.29 is 0 Å². The normalized spacial score (nSPS) is 11.4. The summed E-state index contributed by atoms with van der Waals surface area (Å²) in [5, 5.41) is 7.53. The molecule has 0 aliphatic rings. The molecule has 1 heterocycles. The second kappa shape index (κ2) is 17.4. The predicted octanol–water partition coefficient (Wildman–Crippen LogP) is 18.9. The Morgan fingerprint density at radius 1 is 0.243 bits per heavy atom. The van der Waals surface area contributed by atoms with Crippen LogP contribution >= 0.6 is 0 Å². The zero-order chi connectivity index (χ0) is 46.4. The van der Waals surface area contributed by atoms with E-state index in [9.17, 15) is 0 Å². The third-order valence-corrected chi connectivity index (χ3v) is 14.0. The maximum Gasteiger partial charge on any atom is 0.0547 e. The van der Waals surface area contributed by atoms with Crippen molar-refractivity contribution in [2.45, 2.75) is 0 Å². The van der Waals surface area contributed by atoms with Gasteiger partial charge in [0.1, 0.15) is 0 Å². The average molecular weight is 891 g/mol. The van der Waals surface area contributed by atoms with Gasteiger partial charge in [-0.05, 0) is 138 Å². The maximum absolute atomic E-state index is 2.39. The molecule has 0 N–H and O–H groups in total. The molecule has 0 bridgehead atoms. The summed E-state index contributed by atoms with van der Waals surface area (Å²) >= 11 is 0. The molecule has 0 aliphatic heterocycles. The molecule has 0 unspecified atom stereocenters. The number of para-hydroxylation sites is 2. The van der Waals surface area contributed by atoms with Gasteiger partial charge in [0.15, 0.2) is 0 Å². The van der Waals surface area contributed by atoms with E-state index in [-0.39, 0.29) is 0 Å². The van der Waals surface area contributed by atoms with Gasteiger partial charge in [-0.2, -0.15) is 0 Å². The maximum atomic E-state index is 2.39. The molecule has 13 rings (SSSR count). The van der Waals surface area contributed by atoms with E-state index in [0.717, 1.165) is 28.3 Å². The van der Waals surface area contributed by atoms with E-state index < -0.39 is 0 Å². The first-order valence-electron chi connectivity index (χ1n) is 24.1. The van der Waals surface area contributed by atoms with Crippen LogP contribution in [0.25, 0.3) is 105 Å². The minimum absolute atomic E-state index is 1.08. The van der Waals surface area contributed by atoms with Crippen LogP contribution in [-0.4, -0.2) is 4.57 Å². The Kier molecular flexibility index (Phi) is 10.2. The van der Waals surface area contributed by atoms with Crippen molar-refractivity contribution in [2.75, 3.05) is 4.90 Å². The van der Waals surface area contributed by atoms with E-state index in [4.69, 9.17) is 0 Å². The van der Waals surface area contributed by atoms with Gasteiger partial charge >= 0.3 is 0 Å². The molecule has 0 aliphatic carbocycles. The van der Waals surface area contributed by atoms with Gasteiger partial charge in [-0.25, -0.2) is 0 Å². The minimum atomic E-state index is 1.08. The summed E-state index contributed by atoms with van der Waals surface area (Å²) < 4.78 is 2.39. The number of benzene rings is 12. The molecule has 0 spiro atoms. The van der Waals surface area contributed by atoms with Gasteiger partial charge in [0, 0.05) is 33.5 Å². The van der Waals surface area contributed by atoms with Crippen molar-refractivity contribution in [3.05, 3.63) is 279 Å². The molecule has 12 aromatic carbocycles. The summed E-state index contributed by atoms with van der Waals surface area (Å²) in [6.45, 7) is 0. The van der Waals surface area contributed by atoms with Crippen LogP contribution in [0.5, 0.6) is 0 Å². The van der Waals surface area contributed by atoms with Crippen molar-refractivity contribution >= 4 is 60.4 Å². The van der Waals surface area contributed by atoms with Crippen molar-refractivity contribution in [1.82, 2.24) is 4.57 Å². The lowest BCUT2D eigenvalue weighted by atomic mass is 9.96. The Hall–Kier alpha value is -9.24. The molecule has 0 amide bonds. The molecule has 0 atom stereocenters. The van der Waals surface area contributed by atoms with E-state index in [2.05, 4.69) is 289 Å². The van der Waals surface area contributed by atoms with Gasteiger partial charge in [0.25, 0.3) is 0 Å². The van der Waals surface area contributed by atoms with Gasteiger partial charge in [-0.3, -0.25) is 0 Å². The Morgan fingerprint density at radius 2 is 0.657 bits per heavy atom. The first-order chi connectivity index (χ1) is 34.7. The summed E-state index contributed by atoms with van der Waals surface area (Å²) in [6, 6.07) is 102. The van der Waals surface area contributed by atoms with Crippen molar-refractivity contribution in [3.8, 4) is 61.3 Å². The smallest absolute Gasteiger partial charge is 0.0547 e. The third kappa shape index (κ3) is 7.31. The highest BCUT2D eigenvalue weighted by atomic mass is 15.1. The highest BCUT2D eigenvalue weighted by Crippen LogP contribution is 2.43. The minimum Gasteiger partial charge on any atom is -0.310 e. The summed E-state index contributed by atoms with van der Waals surface area (Å²) in [5.41, 5.74) is 18.8. The third-order valence-electron chi connectivity index (χ3n) is 14.0. The number of nitrogens with zero attached hydrogens (tertiary/aromatic N) is 2. The van der Waals surface area contributed by atoms with Crippen molar-refractivity contribution in [2.24, 2.45) is 0 Å². The number of hydrogen-bond acceptors (Lipinski definition) is 1. The molecule has 0 saturated carbocycles. The molecule has 1 aromatic heterocycles. The molecule has 328 valence electrons. The van der Waals surface area contributed by atoms with E-state index in [1.807, 2.05) is 0 Å². The van der Waals surface area contributed by atoms with Gasteiger partial charge in [0.05, 0.1) is 11.0 Å². The van der Waals surface area contributed by atoms with Crippen LogP contribution in [0.2, 0.25) is 0 Å². The zero-order valence-electron chi connectivity index (χ0n) is 38.5. The second-order valence-electron chi connectivity index (χ2n) is 18.1. The predicted molar refractivity (Wildman–Crippen MR) is 298 cm³/mol. The Labute approximate surface area is 408 Å². The number of fused-ring (bicyclic) bond motifs is 5. The topological polar surface area (TPSA) is 8.17 Å². The van der Waals surface area contributed by atoms with Crippen molar-refractivity contribution in [1.29, 1.82) is 0 Å². The van der Waals surface area contributed by atoms with E-state index in [1.165, 1.54) is 93.4 Å². The van der Waals surface area contributed by atoms with Crippen LogP contribution < -0.4 is 4.90 Å². The highest BCUT2D eigenvalue weighted by Gasteiger charge is 2.19. The van der Waals surface area contributed by atoms with E-state index in [0.29, 0.717) is 0 Å². The molecule has 13 aromatic rings. The molecule has 2 nitrogen and oxygen atoms in total. The molecule has 0 fully saturated rings. The number of aromatic nitrogens is 1. The number of anilines is 3. The molecular formula is C68H46N2. The zero-order valence-corrected chi connectivity index (χ0v) is 38.5. The lowest BCUT2D eigenvalue weighted by Gasteiger charge is -2.26. The standard InChI is InChI=1S/C68H46N2/c1-2-19-56(20-3-1)70-66-28-9-8-24-65(66)68-64(27-13-29-67(68)70)55-18-10-21-59(46-55)69(57-42-38-49(39-43-57)47-30-34-53(35-31-47)62-25-11-16-51-14-4-6-22-60(51)62)58-44-40-50(41-45-58)48-32-36-54(37-33-48)63-26-12-17-52-15-5-7-23-61(52)63/h1-46H. The van der Waals surface area contributed by atoms with E-state index in [1.54, 1.807) is 0 Å². The van der Waals surface area contributed by atoms with Crippen LogP contribution in [0.15, 0.2) is 279 Å². The fourth-order valence-electron chi connectivity index (χ4n) is 10.6. The summed E-state index contributed by atoms with van der Waals surface area (Å²) in [6.07, 6.45) is 0. The summed E-state index contributed by atoms with van der Waals surface area (Å²) in [4.78, 5) is 2.39. The Balaban J connectivity index is 0.882. The molecule has 0 saturated heterocycles. The Bertz CT molecular complexity index is 3840. The molecule has 0 radical (unpaired) electrons. The van der Waals surface area contributed by atoms with Crippen LogP contribution in [0.4, 0.5) is 17.1 Å². The fraction of sp³-hybridized carbons (Fsp3) is 0. The number of hydrogen-bond donors (Lipinski definition) is 0. The quantitative estimate of drug-likeness (QED) is 0.140. The molecular weight excluding hydrogens is 845 g/mol. The average Bonchev–Trinajstić information content (AvgIpc) is 3.78. The SMILES string of the molecule is c1ccc(-n2c3ccccc3c3c(-c4cccc(N(c5ccc(-c6ccc(-c7cccc8ccccc78)cc6)cc5)c5ccc(-c6ccc(-c7cccc8ccccc78)cc6)cc5)c4)cccc32)cc1. The van der Waals surface area contributed by atoms with Crippen LogP contribution in [0.3, 0.4) is 0 Å². The fourth-order valence-corrected chi connectivity index (χ4v) is 10.6. The van der Waals surface area contributed by atoms with Gasteiger partial charge < -0.3 is 9.47 Å². The Morgan fingerprint density at radius 3 is 1.23 bits per heavy atom. The molecule has 2 heteroatoms. The summed E-state index contributed by atoms with van der Waals surface area (Å²) in [5.74, 6) is 0. The molecule has 70 heavy (non-hydrogen) atoms. The van der Waals surface area contributed by atoms with Crippen LogP contribution in [0.1, 0.15) is 0 Å². The lowest BCUT2D eigenvalue weighted by Crippen LogP contribution is -2.10. The first-order valence-corrected chi connectivity index (χ1v) is 24.1. The van der Waals surface area contributed by atoms with Gasteiger partial charge in [0.2, 0.25) is 0 Å². The largest absolute Gasteiger partial charge is 0.310 e. The van der Waals surface area contributed by atoms with Crippen LogP contribution in [0, 0.1) is 0 Å². The highest BCUT2D eigenvalue weighted by molar-refractivity contribution is 6.16. The first kappa shape index (κ1) is 41.0. The van der Waals surface area contributed by atoms with Crippen molar-refractivity contribution in [3.63, 3.8) is 0 Å². The number of rotatable bonds is 9. The van der Waals surface area contributed by atoms with E-state index >= 15 is 0 Å². The van der Waals surface area contributed by atoms with Gasteiger partial charge in [-0.15, -0.1) is 0 Å². The monoisotopic (exact) mass is 890 g/mol. The summed E-state index contributed by atoms with van der Waals surface area (Å²) in [7, 11) is 0. The van der Waals surface area contributed by atoms with Gasteiger partial charge in [-0.1, -0.05) is 218 Å².